The van der Waals surface area contributed by atoms with Crippen molar-refractivity contribution < 1.29 is 4.79 Å². The fraction of sp³-hybridized carbons (Fsp3) is 0.353. The molecule has 0 aromatic heterocycles. The van der Waals surface area contributed by atoms with Crippen molar-refractivity contribution in [2.45, 2.75) is 26.2 Å². The number of hydrogen-bond donors (Lipinski definition) is 0. The first kappa shape index (κ1) is 14.1. The van der Waals surface area contributed by atoms with Crippen molar-refractivity contribution in [3.8, 4) is 0 Å². The second-order valence-electron chi connectivity index (χ2n) is 5.81. The van der Waals surface area contributed by atoms with Crippen molar-refractivity contribution in [1.29, 1.82) is 0 Å². The van der Waals surface area contributed by atoms with E-state index in [-0.39, 0.29) is 11.2 Å². The van der Waals surface area contributed by atoms with Crippen LogP contribution in [-0.2, 0) is 5.41 Å². The number of fused-ring (bicyclic) bond motifs is 1. The van der Waals surface area contributed by atoms with Gasteiger partial charge in [0.2, 0.25) is 0 Å². The molecule has 100 valence electrons. The van der Waals surface area contributed by atoms with Gasteiger partial charge in [0.15, 0.2) is 5.78 Å². The first-order valence-corrected chi connectivity index (χ1v) is 7.89. The molecule has 0 fully saturated rings. The summed E-state index contributed by atoms with van der Waals surface area (Å²) in [5.74, 6) is 0.753. The Labute approximate surface area is 119 Å². The summed E-state index contributed by atoms with van der Waals surface area (Å²) in [7, 11) is 0. The highest BCUT2D eigenvalue weighted by Crippen LogP contribution is 2.32. The van der Waals surface area contributed by atoms with Gasteiger partial charge in [-0.15, -0.1) is 0 Å². The molecule has 0 radical (unpaired) electrons. The molecule has 2 aromatic rings. The van der Waals surface area contributed by atoms with Crippen molar-refractivity contribution in [3.63, 3.8) is 0 Å². The Bertz CT molecular complexity index is 608. The summed E-state index contributed by atoms with van der Waals surface area (Å²) >= 11 is 1.57. The summed E-state index contributed by atoms with van der Waals surface area (Å²) in [5.41, 5.74) is 2.22. The highest BCUT2D eigenvalue weighted by molar-refractivity contribution is 7.99. The smallest absolute Gasteiger partial charge is 0.173 e. The third-order valence-corrected chi connectivity index (χ3v) is 3.86. The van der Waals surface area contributed by atoms with Gasteiger partial charge in [0.1, 0.15) is 0 Å². The number of rotatable bonds is 3. The first-order valence-electron chi connectivity index (χ1n) is 6.49. The maximum absolute atomic E-state index is 12.2. The quantitative estimate of drug-likeness (QED) is 0.754. The van der Waals surface area contributed by atoms with E-state index in [4.69, 9.17) is 0 Å². The van der Waals surface area contributed by atoms with Crippen LogP contribution in [0.25, 0.3) is 10.8 Å². The minimum Gasteiger partial charge on any atom is -0.293 e. The van der Waals surface area contributed by atoms with Crippen LogP contribution in [0.4, 0.5) is 0 Å². The molecule has 0 saturated heterocycles. The minimum atomic E-state index is 0.0840. The van der Waals surface area contributed by atoms with E-state index in [0.29, 0.717) is 5.75 Å². The molecule has 0 heterocycles. The molecule has 2 heteroatoms. The van der Waals surface area contributed by atoms with Crippen LogP contribution in [0, 0.1) is 0 Å². The van der Waals surface area contributed by atoms with Gasteiger partial charge in [-0.2, -0.15) is 11.8 Å². The molecule has 0 spiro atoms. The topological polar surface area (TPSA) is 17.1 Å². The number of thioether (sulfide) groups is 1. The first-order chi connectivity index (χ1) is 8.95. The molecule has 19 heavy (non-hydrogen) atoms. The number of carbonyl (C=O) groups excluding carboxylic acids is 1. The third kappa shape index (κ3) is 2.84. The second kappa shape index (κ2) is 5.38. The van der Waals surface area contributed by atoms with E-state index in [1.54, 1.807) is 11.8 Å². The zero-order chi connectivity index (χ0) is 14.0. The third-order valence-electron chi connectivity index (χ3n) is 3.31. The van der Waals surface area contributed by atoms with Gasteiger partial charge >= 0.3 is 0 Å². The molecule has 0 atom stereocenters. The Morgan fingerprint density at radius 3 is 2.26 bits per heavy atom. The fourth-order valence-corrected chi connectivity index (χ4v) is 2.82. The maximum Gasteiger partial charge on any atom is 0.173 e. The molecule has 0 amide bonds. The van der Waals surface area contributed by atoms with Crippen molar-refractivity contribution in [1.82, 2.24) is 0 Å². The molecule has 2 aromatic carbocycles. The van der Waals surface area contributed by atoms with Crippen molar-refractivity contribution >= 4 is 28.3 Å². The Morgan fingerprint density at radius 2 is 1.68 bits per heavy atom. The van der Waals surface area contributed by atoms with Crippen LogP contribution in [-0.4, -0.2) is 17.8 Å². The molecular weight excluding hydrogens is 252 g/mol. The molecular formula is C17H20OS. The van der Waals surface area contributed by atoms with Gasteiger partial charge in [-0.25, -0.2) is 0 Å². The summed E-state index contributed by atoms with van der Waals surface area (Å²) in [4.78, 5) is 12.2. The maximum atomic E-state index is 12.2. The number of Topliss-reactive ketones (excluding diaryl/α,β-unsaturated/α-hetero) is 1. The summed E-state index contributed by atoms with van der Waals surface area (Å²) in [6.45, 7) is 6.62. The standard InChI is InChI=1S/C17H20OS/c1-17(2,3)15-10-9-14(16(18)11-19-4)12-7-5-6-8-13(12)15/h5-10H,11H2,1-4H3. The number of hydrogen-bond acceptors (Lipinski definition) is 2. The zero-order valence-electron chi connectivity index (χ0n) is 12.0. The Balaban J connectivity index is 2.69. The van der Waals surface area contributed by atoms with Crippen LogP contribution >= 0.6 is 11.8 Å². The highest BCUT2D eigenvalue weighted by atomic mass is 32.2. The molecule has 0 aliphatic carbocycles. The number of ketones is 1. The lowest BCUT2D eigenvalue weighted by atomic mass is 9.82. The van der Waals surface area contributed by atoms with E-state index in [1.807, 2.05) is 24.5 Å². The Hall–Kier alpha value is -1.28. The molecule has 2 rings (SSSR count). The minimum absolute atomic E-state index is 0.0840. The lowest BCUT2D eigenvalue weighted by molar-refractivity contribution is 0.102. The lowest BCUT2D eigenvalue weighted by Gasteiger charge is -2.22. The second-order valence-corrected chi connectivity index (χ2v) is 6.68. The average molecular weight is 272 g/mol. The highest BCUT2D eigenvalue weighted by Gasteiger charge is 2.19. The van der Waals surface area contributed by atoms with Gasteiger partial charge in [-0.1, -0.05) is 57.2 Å². The predicted octanol–water partition coefficient (Wildman–Crippen LogP) is 4.68. The van der Waals surface area contributed by atoms with Gasteiger partial charge in [0, 0.05) is 5.56 Å². The van der Waals surface area contributed by atoms with Crippen LogP contribution < -0.4 is 0 Å². The molecule has 0 aliphatic rings. The predicted molar refractivity (Wildman–Crippen MR) is 85.4 cm³/mol. The lowest BCUT2D eigenvalue weighted by Crippen LogP contribution is -2.13. The van der Waals surface area contributed by atoms with E-state index < -0.39 is 0 Å². The molecule has 1 nitrogen and oxygen atoms in total. The monoisotopic (exact) mass is 272 g/mol. The van der Waals surface area contributed by atoms with E-state index in [9.17, 15) is 4.79 Å². The normalized spacial score (nSPS) is 11.8. The van der Waals surface area contributed by atoms with Gasteiger partial charge in [0.05, 0.1) is 5.75 Å². The van der Waals surface area contributed by atoms with Gasteiger partial charge in [-0.3, -0.25) is 4.79 Å². The average Bonchev–Trinajstić information content (AvgIpc) is 2.36. The van der Waals surface area contributed by atoms with E-state index in [1.165, 1.54) is 10.9 Å². The van der Waals surface area contributed by atoms with Crippen LogP contribution in [0.5, 0.6) is 0 Å². The van der Waals surface area contributed by atoms with Crippen molar-refractivity contribution in [3.05, 3.63) is 47.5 Å². The summed E-state index contributed by atoms with van der Waals surface area (Å²) in [5, 5.41) is 2.27. The largest absolute Gasteiger partial charge is 0.293 e. The van der Waals surface area contributed by atoms with Crippen LogP contribution in [0.1, 0.15) is 36.7 Å². The molecule has 0 unspecified atom stereocenters. The fourth-order valence-electron chi connectivity index (χ4n) is 2.41. The molecule has 0 N–H and O–H groups in total. The van der Waals surface area contributed by atoms with Crippen molar-refractivity contribution in [2.75, 3.05) is 12.0 Å². The van der Waals surface area contributed by atoms with Gasteiger partial charge < -0.3 is 0 Å². The van der Waals surface area contributed by atoms with Crippen LogP contribution in [0.3, 0.4) is 0 Å². The summed E-state index contributed by atoms with van der Waals surface area (Å²) < 4.78 is 0. The van der Waals surface area contributed by atoms with Crippen LogP contribution in [0.2, 0.25) is 0 Å². The molecule has 0 saturated carbocycles. The Morgan fingerprint density at radius 1 is 1.05 bits per heavy atom. The summed E-state index contributed by atoms with van der Waals surface area (Å²) in [6.07, 6.45) is 1.96. The SMILES string of the molecule is CSCC(=O)c1ccc(C(C)(C)C)c2ccccc12. The van der Waals surface area contributed by atoms with E-state index >= 15 is 0 Å². The Kier molecular flexibility index (Phi) is 4.00. The molecule has 0 aliphatic heterocycles. The number of carbonyl (C=O) groups is 1. The number of benzene rings is 2. The van der Waals surface area contributed by atoms with Crippen LogP contribution in [0.15, 0.2) is 36.4 Å². The van der Waals surface area contributed by atoms with Gasteiger partial charge in [-0.05, 0) is 28.0 Å². The van der Waals surface area contributed by atoms with Crippen molar-refractivity contribution in [2.24, 2.45) is 0 Å². The molecule has 0 bridgehead atoms. The van der Waals surface area contributed by atoms with E-state index in [2.05, 4.69) is 39.0 Å². The van der Waals surface area contributed by atoms with E-state index in [0.717, 1.165) is 10.9 Å². The summed E-state index contributed by atoms with van der Waals surface area (Å²) in [6, 6.07) is 12.3. The van der Waals surface area contributed by atoms with Gasteiger partial charge in [0.25, 0.3) is 0 Å². The zero-order valence-corrected chi connectivity index (χ0v) is 12.8.